The van der Waals surface area contributed by atoms with E-state index in [0.717, 1.165) is 12.5 Å². The first-order valence-electron chi connectivity index (χ1n) is 6.21. The smallest absolute Gasteiger partial charge is 0.295 e. The summed E-state index contributed by atoms with van der Waals surface area (Å²) in [5.41, 5.74) is -0.221. The first-order chi connectivity index (χ1) is 10.0. The summed E-state index contributed by atoms with van der Waals surface area (Å²) < 4.78 is 0. The summed E-state index contributed by atoms with van der Waals surface area (Å²) in [5.74, 6) is -0.480. The number of nitrogens with zero attached hydrogens (tertiary/aromatic N) is 3. The van der Waals surface area contributed by atoms with Crippen LogP contribution in [-0.4, -0.2) is 31.1 Å². The Bertz CT molecular complexity index is 682. The molecule has 1 heterocycles. The molecule has 2 rings (SSSR count). The first-order valence-corrected chi connectivity index (χ1v) is 6.21. The minimum absolute atomic E-state index is 0.0486. The molecule has 0 fully saturated rings. The summed E-state index contributed by atoms with van der Waals surface area (Å²) in [5, 5.41) is 29.0. The van der Waals surface area contributed by atoms with Crippen LogP contribution < -0.4 is 5.32 Å². The number of amides is 1. The van der Waals surface area contributed by atoms with Gasteiger partial charge in [-0.05, 0) is 12.5 Å². The molecule has 0 saturated carbocycles. The van der Waals surface area contributed by atoms with Crippen LogP contribution in [0.2, 0.25) is 0 Å². The van der Waals surface area contributed by atoms with Crippen molar-refractivity contribution in [1.29, 1.82) is 0 Å². The third kappa shape index (κ3) is 3.32. The van der Waals surface area contributed by atoms with Gasteiger partial charge in [0.2, 0.25) is 5.82 Å². The second kappa shape index (κ2) is 5.99. The molecule has 0 unspecified atom stereocenters. The lowest BCUT2D eigenvalue weighted by molar-refractivity contribution is -0.384. The van der Waals surface area contributed by atoms with Crippen molar-refractivity contribution in [1.82, 2.24) is 15.2 Å². The van der Waals surface area contributed by atoms with Gasteiger partial charge in [0.15, 0.2) is 0 Å². The number of phenolic OH excluding ortho intramolecular Hbond substituents is 1. The number of benzene rings is 1. The maximum atomic E-state index is 11.9. The maximum Gasteiger partial charge on any atom is 0.295 e. The second-order valence-corrected chi connectivity index (χ2v) is 4.27. The standard InChI is InChI=1S/C12H13N5O4/c1-2-3-10-14-11(16-15-10)12(19)13-8-5-4-7(17(20)21)6-9(8)18/h4-6,18H,2-3H2,1H3,(H,13,19)(H,14,15,16). The van der Waals surface area contributed by atoms with Gasteiger partial charge in [-0.2, -0.15) is 0 Å². The zero-order chi connectivity index (χ0) is 15.4. The molecule has 0 radical (unpaired) electrons. The van der Waals surface area contributed by atoms with Gasteiger partial charge in [0.1, 0.15) is 11.6 Å². The van der Waals surface area contributed by atoms with Crippen molar-refractivity contribution in [3.05, 3.63) is 40.0 Å². The van der Waals surface area contributed by atoms with Crippen molar-refractivity contribution in [2.45, 2.75) is 19.8 Å². The predicted octanol–water partition coefficient (Wildman–Crippen LogP) is 1.62. The molecule has 0 aliphatic carbocycles. The number of rotatable bonds is 5. The largest absolute Gasteiger partial charge is 0.506 e. The highest BCUT2D eigenvalue weighted by Crippen LogP contribution is 2.27. The van der Waals surface area contributed by atoms with Gasteiger partial charge < -0.3 is 10.4 Å². The summed E-state index contributed by atoms with van der Waals surface area (Å²) in [6, 6.07) is 3.37. The van der Waals surface area contributed by atoms with Crippen molar-refractivity contribution in [3.8, 4) is 5.75 Å². The third-order valence-corrected chi connectivity index (χ3v) is 2.66. The van der Waals surface area contributed by atoms with E-state index < -0.39 is 16.6 Å². The number of non-ortho nitro benzene ring substituents is 1. The summed E-state index contributed by atoms with van der Waals surface area (Å²) in [7, 11) is 0. The molecule has 0 saturated heterocycles. The Labute approximate surface area is 119 Å². The molecule has 1 aromatic heterocycles. The molecule has 3 N–H and O–H groups in total. The van der Waals surface area contributed by atoms with Crippen LogP contribution in [0.25, 0.3) is 0 Å². The lowest BCUT2D eigenvalue weighted by Crippen LogP contribution is -2.14. The van der Waals surface area contributed by atoms with Crippen LogP contribution in [0.5, 0.6) is 5.75 Å². The topological polar surface area (TPSA) is 134 Å². The number of H-pyrrole nitrogens is 1. The molecule has 110 valence electrons. The number of aromatic hydroxyl groups is 1. The van der Waals surface area contributed by atoms with Crippen LogP contribution in [0.1, 0.15) is 29.8 Å². The van der Waals surface area contributed by atoms with Crippen LogP contribution in [-0.2, 0) is 6.42 Å². The Morgan fingerprint density at radius 2 is 2.29 bits per heavy atom. The molecule has 1 aromatic carbocycles. The van der Waals surface area contributed by atoms with Crippen molar-refractivity contribution < 1.29 is 14.8 Å². The highest BCUT2D eigenvalue weighted by molar-refractivity contribution is 6.02. The number of aryl methyl sites for hydroxylation is 1. The van der Waals surface area contributed by atoms with Crippen LogP contribution in [0.4, 0.5) is 11.4 Å². The van der Waals surface area contributed by atoms with E-state index in [1.165, 1.54) is 12.1 Å². The number of hydrogen-bond acceptors (Lipinski definition) is 6. The summed E-state index contributed by atoms with van der Waals surface area (Å²) >= 11 is 0. The molecular weight excluding hydrogens is 278 g/mol. The fourth-order valence-electron chi connectivity index (χ4n) is 1.66. The van der Waals surface area contributed by atoms with E-state index in [4.69, 9.17) is 0 Å². The number of nitrogens with one attached hydrogen (secondary N) is 2. The average molecular weight is 291 g/mol. The summed E-state index contributed by atoms with van der Waals surface area (Å²) in [6.45, 7) is 1.97. The Morgan fingerprint density at radius 1 is 1.52 bits per heavy atom. The number of nitro groups is 1. The van der Waals surface area contributed by atoms with Gasteiger partial charge in [0.25, 0.3) is 11.6 Å². The number of hydrogen-bond donors (Lipinski definition) is 3. The lowest BCUT2D eigenvalue weighted by atomic mass is 10.2. The number of aromatic nitrogens is 3. The summed E-state index contributed by atoms with van der Waals surface area (Å²) in [4.78, 5) is 25.8. The minimum atomic E-state index is -0.641. The van der Waals surface area contributed by atoms with E-state index in [9.17, 15) is 20.0 Å². The molecule has 1 amide bonds. The van der Waals surface area contributed by atoms with E-state index in [-0.39, 0.29) is 17.2 Å². The molecule has 0 bridgehead atoms. The quantitative estimate of drug-likeness (QED) is 0.435. The van der Waals surface area contributed by atoms with E-state index in [1.807, 2.05) is 6.92 Å². The highest BCUT2D eigenvalue weighted by atomic mass is 16.6. The van der Waals surface area contributed by atoms with E-state index >= 15 is 0 Å². The molecule has 0 atom stereocenters. The monoisotopic (exact) mass is 291 g/mol. The lowest BCUT2D eigenvalue weighted by Gasteiger charge is -2.04. The molecule has 2 aromatic rings. The first kappa shape index (κ1) is 14.4. The van der Waals surface area contributed by atoms with Crippen LogP contribution in [0.3, 0.4) is 0 Å². The maximum absolute atomic E-state index is 11.9. The SMILES string of the molecule is CCCc1nc(C(=O)Nc2ccc([N+](=O)[O-])cc2O)n[nH]1. The molecule has 9 nitrogen and oxygen atoms in total. The van der Waals surface area contributed by atoms with Gasteiger partial charge in [0.05, 0.1) is 16.7 Å². The molecule has 0 spiro atoms. The van der Waals surface area contributed by atoms with Crippen molar-refractivity contribution >= 4 is 17.3 Å². The molecule has 9 heteroatoms. The normalized spacial score (nSPS) is 10.3. The highest BCUT2D eigenvalue weighted by Gasteiger charge is 2.16. The van der Waals surface area contributed by atoms with Crippen LogP contribution in [0, 0.1) is 10.1 Å². The zero-order valence-electron chi connectivity index (χ0n) is 11.2. The van der Waals surface area contributed by atoms with Crippen molar-refractivity contribution in [2.75, 3.05) is 5.32 Å². The van der Waals surface area contributed by atoms with Gasteiger partial charge in [0, 0.05) is 12.5 Å². The third-order valence-electron chi connectivity index (χ3n) is 2.66. The van der Waals surface area contributed by atoms with Crippen molar-refractivity contribution in [2.24, 2.45) is 0 Å². The Kier molecular flexibility index (Phi) is 4.12. The van der Waals surface area contributed by atoms with Gasteiger partial charge >= 0.3 is 0 Å². The van der Waals surface area contributed by atoms with Gasteiger partial charge in [-0.25, -0.2) is 4.98 Å². The second-order valence-electron chi connectivity index (χ2n) is 4.27. The number of carbonyl (C=O) groups is 1. The zero-order valence-corrected chi connectivity index (χ0v) is 11.2. The molecular formula is C12H13N5O4. The molecule has 0 aliphatic heterocycles. The van der Waals surface area contributed by atoms with Crippen LogP contribution in [0.15, 0.2) is 18.2 Å². The number of carbonyl (C=O) groups excluding carboxylic acids is 1. The van der Waals surface area contributed by atoms with Gasteiger partial charge in [-0.15, -0.1) is 5.10 Å². The van der Waals surface area contributed by atoms with Gasteiger partial charge in [-0.3, -0.25) is 20.0 Å². The Balaban J connectivity index is 2.13. The van der Waals surface area contributed by atoms with E-state index in [1.54, 1.807) is 0 Å². The van der Waals surface area contributed by atoms with Gasteiger partial charge in [-0.1, -0.05) is 6.92 Å². The predicted molar refractivity (Wildman–Crippen MR) is 73.1 cm³/mol. The molecule has 21 heavy (non-hydrogen) atoms. The number of anilines is 1. The number of aromatic amines is 1. The van der Waals surface area contributed by atoms with Crippen molar-refractivity contribution in [3.63, 3.8) is 0 Å². The van der Waals surface area contributed by atoms with E-state index in [2.05, 4.69) is 20.5 Å². The van der Waals surface area contributed by atoms with E-state index in [0.29, 0.717) is 12.2 Å². The average Bonchev–Trinajstić information content (AvgIpc) is 2.90. The Hall–Kier alpha value is -2.97. The fraction of sp³-hybridized carbons (Fsp3) is 0.250. The number of nitro benzene ring substituents is 1. The minimum Gasteiger partial charge on any atom is -0.506 e. The summed E-state index contributed by atoms with van der Waals surface area (Å²) in [6.07, 6.45) is 1.53. The Morgan fingerprint density at radius 3 is 2.90 bits per heavy atom. The molecule has 0 aliphatic rings. The number of phenols is 1. The fourth-order valence-corrected chi connectivity index (χ4v) is 1.66. The van der Waals surface area contributed by atoms with Crippen LogP contribution >= 0.6 is 0 Å².